The Morgan fingerprint density at radius 2 is 2.00 bits per heavy atom. The van der Waals surface area contributed by atoms with E-state index in [9.17, 15) is 14.9 Å². The molecule has 7 heteroatoms. The number of nitrogens with zero attached hydrogens (tertiary/aromatic N) is 2. The lowest BCUT2D eigenvalue weighted by Crippen LogP contribution is -2.21. The Balaban J connectivity index is 2.24. The summed E-state index contributed by atoms with van der Waals surface area (Å²) >= 11 is 5.94. The van der Waals surface area contributed by atoms with E-state index >= 15 is 0 Å². The lowest BCUT2D eigenvalue weighted by molar-refractivity contribution is -0.385. The number of carbonyl (C=O) groups is 1. The number of halogens is 1. The number of carbonyl (C=O) groups excluding carboxylic acids is 1. The van der Waals surface area contributed by atoms with Gasteiger partial charge in [-0.05, 0) is 30.2 Å². The van der Waals surface area contributed by atoms with E-state index in [2.05, 4.69) is 10.5 Å². The summed E-state index contributed by atoms with van der Waals surface area (Å²) in [5, 5.41) is 15.6. The Bertz CT molecular complexity index is 775. The molecule has 0 saturated heterocycles. The Morgan fingerprint density at radius 1 is 1.26 bits per heavy atom. The average molecular weight is 332 g/mol. The second kappa shape index (κ2) is 7.51. The highest BCUT2D eigenvalue weighted by Gasteiger charge is 2.18. The Hall–Kier alpha value is -2.73. The van der Waals surface area contributed by atoms with Crippen LogP contribution in [0.1, 0.15) is 29.3 Å². The summed E-state index contributed by atoms with van der Waals surface area (Å²) in [6.45, 7) is 1.89. The minimum atomic E-state index is -0.634. The molecule has 2 aromatic rings. The summed E-state index contributed by atoms with van der Waals surface area (Å²) < 4.78 is 0. The highest BCUT2D eigenvalue weighted by Crippen LogP contribution is 2.17. The van der Waals surface area contributed by atoms with E-state index in [0.29, 0.717) is 17.2 Å². The maximum Gasteiger partial charge on any atom is 0.282 e. The molecule has 6 nitrogen and oxygen atoms in total. The molecule has 0 saturated carbocycles. The highest BCUT2D eigenvalue weighted by atomic mass is 35.5. The maximum atomic E-state index is 12.1. The van der Waals surface area contributed by atoms with Crippen molar-refractivity contribution in [3.63, 3.8) is 0 Å². The molecule has 0 heterocycles. The zero-order chi connectivity index (χ0) is 16.8. The van der Waals surface area contributed by atoms with Crippen molar-refractivity contribution in [3.8, 4) is 0 Å². The monoisotopic (exact) mass is 331 g/mol. The van der Waals surface area contributed by atoms with Crippen LogP contribution in [0.4, 0.5) is 5.69 Å². The molecule has 23 heavy (non-hydrogen) atoms. The Kier molecular flexibility index (Phi) is 5.43. The number of para-hydroxylation sites is 1. The van der Waals surface area contributed by atoms with Crippen LogP contribution in [-0.4, -0.2) is 16.5 Å². The second-order valence-electron chi connectivity index (χ2n) is 4.64. The van der Waals surface area contributed by atoms with Crippen LogP contribution in [0, 0.1) is 10.1 Å². The van der Waals surface area contributed by atoms with Crippen molar-refractivity contribution in [2.24, 2.45) is 5.10 Å². The zero-order valence-corrected chi connectivity index (χ0v) is 13.1. The standard InChI is InChI=1S/C16H14ClN3O3/c1-2-14(11-6-5-7-12(17)10-11)18-19-16(21)13-8-3-4-9-15(13)20(22)23/h3-10H,2H2,1H3,(H,19,21). The first-order valence-electron chi connectivity index (χ1n) is 6.89. The summed E-state index contributed by atoms with van der Waals surface area (Å²) in [5.41, 5.74) is 3.47. The predicted octanol–water partition coefficient (Wildman–Crippen LogP) is 3.79. The average Bonchev–Trinajstić information content (AvgIpc) is 2.55. The number of hydrazone groups is 1. The van der Waals surface area contributed by atoms with Crippen molar-refractivity contribution >= 4 is 28.9 Å². The first-order valence-corrected chi connectivity index (χ1v) is 7.27. The van der Waals surface area contributed by atoms with Crippen molar-refractivity contribution in [1.29, 1.82) is 0 Å². The van der Waals surface area contributed by atoms with Gasteiger partial charge in [0.25, 0.3) is 11.6 Å². The molecular weight excluding hydrogens is 318 g/mol. The smallest absolute Gasteiger partial charge is 0.267 e. The van der Waals surface area contributed by atoms with Crippen LogP contribution < -0.4 is 5.43 Å². The Labute approximate surface area is 137 Å². The zero-order valence-electron chi connectivity index (χ0n) is 12.3. The van der Waals surface area contributed by atoms with Crippen LogP contribution in [0.15, 0.2) is 53.6 Å². The number of hydrogen-bond donors (Lipinski definition) is 1. The summed E-state index contributed by atoms with van der Waals surface area (Å²) in [6, 6.07) is 12.8. The number of benzene rings is 2. The molecule has 0 unspecified atom stereocenters. The quantitative estimate of drug-likeness (QED) is 0.514. The maximum absolute atomic E-state index is 12.1. The van der Waals surface area contributed by atoms with Gasteiger partial charge in [-0.25, -0.2) is 5.43 Å². The molecule has 0 bridgehead atoms. The van der Waals surface area contributed by atoms with Crippen molar-refractivity contribution in [2.45, 2.75) is 13.3 Å². The molecule has 0 fully saturated rings. The predicted molar refractivity (Wildman–Crippen MR) is 88.8 cm³/mol. The van der Waals surface area contributed by atoms with Crippen LogP contribution in [0.25, 0.3) is 0 Å². The SMILES string of the molecule is CCC(=NNC(=O)c1ccccc1[N+](=O)[O-])c1cccc(Cl)c1. The largest absolute Gasteiger partial charge is 0.282 e. The third kappa shape index (κ3) is 4.14. The summed E-state index contributed by atoms with van der Waals surface area (Å²) in [6.07, 6.45) is 0.567. The first kappa shape index (κ1) is 16.6. The van der Waals surface area contributed by atoms with E-state index in [0.717, 1.165) is 5.56 Å². The topological polar surface area (TPSA) is 84.6 Å². The van der Waals surface area contributed by atoms with Crippen LogP contribution in [-0.2, 0) is 0 Å². The van der Waals surface area contributed by atoms with Gasteiger partial charge in [-0.3, -0.25) is 14.9 Å². The van der Waals surface area contributed by atoms with E-state index in [1.807, 2.05) is 13.0 Å². The van der Waals surface area contributed by atoms with Gasteiger partial charge in [0.2, 0.25) is 0 Å². The molecule has 1 N–H and O–H groups in total. The normalized spacial score (nSPS) is 11.1. The highest BCUT2D eigenvalue weighted by molar-refractivity contribution is 6.31. The van der Waals surface area contributed by atoms with Crippen LogP contribution >= 0.6 is 11.6 Å². The van der Waals surface area contributed by atoms with Gasteiger partial charge in [-0.1, -0.05) is 42.8 Å². The fourth-order valence-corrected chi connectivity index (χ4v) is 2.21. The fraction of sp³-hybridized carbons (Fsp3) is 0.125. The number of hydrogen-bond acceptors (Lipinski definition) is 4. The van der Waals surface area contributed by atoms with Crippen LogP contribution in [0.2, 0.25) is 5.02 Å². The molecule has 1 amide bonds. The molecule has 118 valence electrons. The molecule has 0 radical (unpaired) electrons. The van der Waals surface area contributed by atoms with Crippen LogP contribution in [0.3, 0.4) is 0 Å². The number of nitrogens with one attached hydrogen (secondary N) is 1. The van der Waals surface area contributed by atoms with Crippen molar-refractivity contribution in [2.75, 3.05) is 0 Å². The van der Waals surface area contributed by atoms with E-state index < -0.39 is 10.8 Å². The van der Waals surface area contributed by atoms with Crippen LogP contribution in [0.5, 0.6) is 0 Å². The van der Waals surface area contributed by atoms with Crippen molar-refractivity contribution < 1.29 is 9.72 Å². The van der Waals surface area contributed by atoms with Crippen molar-refractivity contribution in [1.82, 2.24) is 5.43 Å². The third-order valence-electron chi connectivity index (χ3n) is 3.13. The van der Waals surface area contributed by atoms with Gasteiger partial charge in [0.05, 0.1) is 10.6 Å². The molecular formula is C16H14ClN3O3. The summed E-state index contributed by atoms with van der Waals surface area (Å²) in [5.74, 6) is -0.634. The molecule has 0 aliphatic rings. The summed E-state index contributed by atoms with van der Waals surface area (Å²) in [4.78, 5) is 22.5. The number of nitro groups is 1. The molecule has 0 aromatic heterocycles. The minimum absolute atomic E-state index is 0.0391. The lowest BCUT2D eigenvalue weighted by atomic mass is 10.1. The fourth-order valence-electron chi connectivity index (χ4n) is 2.02. The molecule has 2 aromatic carbocycles. The molecule has 0 aliphatic carbocycles. The van der Waals surface area contributed by atoms with Gasteiger partial charge < -0.3 is 0 Å². The molecule has 2 rings (SSSR count). The Morgan fingerprint density at radius 3 is 2.65 bits per heavy atom. The van der Waals surface area contributed by atoms with E-state index in [-0.39, 0.29) is 11.3 Å². The van der Waals surface area contributed by atoms with Gasteiger partial charge in [-0.15, -0.1) is 0 Å². The van der Waals surface area contributed by atoms with Gasteiger partial charge >= 0.3 is 0 Å². The van der Waals surface area contributed by atoms with Gasteiger partial charge in [0, 0.05) is 11.1 Å². The number of nitro benzene ring substituents is 1. The lowest BCUT2D eigenvalue weighted by Gasteiger charge is -2.06. The number of amides is 1. The minimum Gasteiger partial charge on any atom is -0.267 e. The van der Waals surface area contributed by atoms with E-state index in [1.165, 1.54) is 18.2 Å². The van der Waals surface area contributed by atoms with E-state index in [1.54, 1.807) is 24.3 Å². The molecule has 0 spiro atoms. The van der Waals surface area contributed by atoms with E-state index in [4.69, 9.17) is 11.6 Å². The molecule has 0 aliphatic heterocycles. The molecule has 0 atom stereocenters. The third-order valence-corrected chi connectivity index (χ3v) is 3.37. The first-order chi connectivity index (χ1) is 11.0. The van der Waals surface area contributed by atoms with Gasteiger partial charge in [-0.2, -0.15) is 5.10 Å². The van der Waals surface area contributed by atoms with Gasteiger partial charge in [0.15, 0.2) is 0 Å². The van der Waals surface area contributed by atoms with Crippen molar-refractivity contribution in [3.05, 3.63) is 74.8 Å². The van der Waals surface area contributed by atoms with Gasteiger partial charge in [0.1, 0.15) is 5.56 Å². The number of rotatable bonds is 5. The summed E-state index contributed by atoms with van der Waals surface area (Å²) in [7, 11) is 0. The second-order valence-corrected chi connectivity index (χ2v) is 5.07.